The van der Waals surface area contributed by atoms with Gasteiger partial charge in [-0.2, -0.15) is 13.2 Å². The van der Waals surface area contributed by atoms with Crippen molar-refractivity contribution in [3.8, 4) is 22.6 Å². The van der Waals surface area contributed by atoms with Gasteiger partial charge in [0.25, 0.3) is 0 Å². The Bertz CT molecular complexity index is 1190. The van der Waals surface area contributed by atoms with Crippen LogP contribution in [0.4, 0.5) is 18.0 Å². The number of aliphatic hydroxyl groups is 2. The van der Waals surface area contributed by atoms with Crippen molar-refractivity contribution in [1.82, 2.24) is 10.6 Å². The van der Waals surface area contributed by atoms with E-state index < -0.39 is 30.5 Å². The number of carbonyl (C=O) groups is 1. The lowest BCUT2D eigenvalue weighted by Gasteiger charge is -2.18. The van der Waals surface area contributed by atoms with Crippen molar-refractivity contribution < 1.29 is 37.7 Å². The number of methoxy groups -OCH3 is 1. The average molecular weight is 539 g/mol. The third kappa shape index (κ3) is 8.01. The molecule has 3 rings (SSSR count). The predicted molar refractivity (Wildman–Crippen MR) is 133 cm³/mol. The molecule has 0 saturated heterocycles. The molecule has 3 aromatic carbocycles. The van der Waals surface area contributed by atoms with Gasteiger partial charge in [0.15, 0.2) is 11.5 Å². The van der Waals surface area contributed by atoms with E-state index >= 15 is 0 Å². The number of carbonyl (C=O) groups excluding carboxylic acids is 1. The number of benzene rings is 3. The topological polar surface area (TPSA) is 100 Å². The maximum Gasteiger partial charge on any atom is 0.416 e. The molecule has 0 bridgehead atoms. The Balaban J connectivity index is 1.74. The quantitative estimate of drug-likeness (QED) is 0.298. The zero-order valence-electron chi connectivity index (χ0n) is 19.8. The van der Waals surface area contributed by atoms with Crippen LogP contribution in [0, 0.1) is 0 Å². The van der Waals surface area contributed by atoms with Crippen LogP contribution in [0.5, 0.6) is 11.5 Å². The van der Waals surface area contributed by atoms with Gasteiger partial charge in [-0.3, -0.25) is 0 Å². The molecule has 1 atom stereocenters. The van der Waals surface area contributed by atoms with Gasteiger partial charge < -0.3 is 30.3 Å². The van der Waals surface area contributed by atoms with Gasteiger partial charge >= 0.3 is 12.2 Å². The molecule has 0 unspecified atom stereocenters. The number of hydrogen-bond acceptors (Lipinski definition) is 5. The van der Waals surface area contributed by atoms with Gasteiger partial charge in [-0.25, -0.2) is 4.79 Å². The van der Waals surface area contributed by atoms with Gasteiger partial charge in [0, 0.05) is 18.1 Å². The van der Waals surface area contributed by atoms with Crippen LogP contribution in [-0.2, 0) is 19.3 Å². The van der Waals surface area contributed by atoms with Crippen LogP contribution in [0.3, 0.4) is 0 Å². The van der Waals surface area contributed by atoms with Gasteiger partial charge in [-0.15, -0.1) is 0 Å². The summed E-state index contributed by atoms with van der Waals surface area (Å²) in [7, 11) is 1.45. The first-order chi connectivity index (χ1) is 17.6. The minimum Gasteiger partial charge on any atom is -0.493 e. The highest BCUT2D eigenvalue weighted by molar-refractivity contribution is 6.30. The van der Waals surface area contributed by atoms with Crippen molar-refractivity contribution in [2.45, 2.75) is 25.4 Å². The Morgan fingerprint density at radius 1 is 1.00 bits per heavy atom. The highest BCUT2D eigenvalue weighted by Gasteiger charge is 2.29. The molecule has 0 aliphatic rings. The van der Waals surface area contributed by atoms with E-state index in [1.807, 2.05) is 0 Å². The fourth-order valence-electron chi connectivity index (χ4n) is 3.39. The summed E-state index contributed by atoms with van der Waals surface area (Å²) in [5, 5.41) is 24.6. The SMILES string of the molecule is COc1cc(CNC(=O)NCc2ccc(C(F)(F)F)cc2)c(-c2ccc(Cl)cc2)cc1OC[C@@H](O)CO. The monoisotopic (exact) mass is 538 g/mol. The van der Waals surface area contributed by atoms with E-state index in [4.69, 9.17) is 26.2 Å². The molecule has 3 aromatic rings. The van der Waals surface area contributed by atoms with Crippen LogP contribution in [0.2, 0.25) is 5.02 Å². The molecule has 11 heteroatoms. The molecular formula is C26H26ClF3N2O5. The summed E-state index contributed by atoms with van der Waals surface area (Å²) in [6.07, 6.45) is -5.50. The minimum absolute atomic E-state index is 0.0390. The molecule has 0 aromatic heterocycles. The smallest absolute Gasteiger partial charge is 0.416 e. The Morgan fingerprint density at radius 2 is 1.65 bits per heavy atom. The van der Waals surface area contributed by atoms with E-state index in [1.54, 1.807) is 36.4 Å². The summed E-state index contributed by atoms with van der Waals surface area (Å²) in [5.74, 6) is 0.681. The normalized spacial score (nSPS) is 12.1. The first kappa shape index (κ1) is 28.1. The molecule has 0 aliphatic heterocycles. The summed E-state index contributed by atoms with van der Waals surface area (Å²) in [6, 6.07) is 14.4. The molecule has 0 heterocycles. The molecule has 0 radical (unpaired) electrons. The number of amides is 2. The van der Waals surface area contributed by atoms with Crippen LogP contribution < -0.4 is 20.1 Å². The second-order valence-electron chi connectivity index (χ2n) is 8.05. The number of ether oxygens (including phenoxy) is 2. The number of rotatable bonds is 10. The lowest BCUT2D eigenvalue weighted by Crippen LogP contribution is -2.34. The third-order valence-corrected chi connectivity index (χ3v) is 5.61. The van der Waals surface area contributed by atoms with Crippen LogP contribution in [0.1, 0.15) is 16.7 Å². The Kier molecular flexibility index (Phi) is 9.62. The second-order valence-corrected chi connectivity index (χ2v) is 8.48. The van der Waals surface area contributed by atoms with Gasteiger partial charge in [-0.05, 0) is 58.7 Å². The van der Waals surface area contributed by atoms with E-state index in [0.29, 0.717) is 33.2 Å². The average Bonchev–Trinajstić information content (AvgIpc) is 2.89. The molecular weight excluding hydrogens is 513 g/mol. The van der Waals surface area contributed by atoms with E-state index in [9.17, 15) is 23.1 Å². The van der Waals surface area contributed by atoms with Gasteiger partial charge in [0.2, 0.25) is 0 Å². The molecule has 4 N–H and O–H groups in total. The zero-order chi connectivity index (χ0) is 27.0. The number of halogens is 4. The number of alkyl halides is 3. The summed E-state index contributed by atoms with van der Waals surface area (Å²) in [6.45, 7) is -0.489. The lowest BCUT2D eigenvalue weighted by atomic mass is 9.98. The summed E-state index contributed by atoms with van der Waals surface area (Å²) >= 11 is 6.02. The van der Waals surface area contributed by atoms with Crippen molar-refractivity contribution in [3.05, 3.63) is 82.4 Å². The van der Waals surface area contributed by atoms with E-state index in [2.05, 4.69) is 10.6 Å². The molecule has 0 saturated carbocycles. The van der Waals surface area contributed by atoms with Crippen LogP contribution in [-0.4, -0.2) is 42.7 Å². The number of aliphatic hydroxyl groups excluding tert-OH is 2. The molecule has 0 aliphatic carbocycles. The molecule has 37 heavy (non-hydrogen) atoms. The number of urea groups is 1. The van der Waals surface area contributed by atoms with Crippen LogP contribution in [0.15, 0.2) is 60.7 Å². The zero-order valence-corrected chi connectivity index (χ0v) is 20.6. The predicted octanol–water partition coefficient (Wildman–Crippen LogP) is 4.77. The molecule has 2 amide bonds. The summed E-state index contributed by atoms with van der Waals surface area (Å²) < 4.78 is 49.2. The molecule has 0 fully saturated rings. The second kappa shape index (κ2) is 12.7. The number of nitrogens with one attached hydrogen (secondary N) is 2. The Morgan fingerprint density at radius 3 is 2.24 bits per heavy atom. The van der Waals surface area contributed by atoms with Gasteiger partial charge in [-0.1, -0.05) is 35.9 Å². The largest absolute Gasteiger partial charge is 0.493 e. The van der Waals surface area contributed by atoms with Crippen molar-refractivity contribution in [2.75, 3.05) is 20.3 Å². The fraction of sp³-hybridized carbons (Fsp3) is 0.269. The standard InChI is InChI=1S/C26H26ClF3N2O5/c1-36-23-10-18(13-32-25(35)31-12-16-2-6-19(7-3-16)26(28,29)30)22(17-4-8-20(27)9-5-17)11-24(23)37-15-21(34)14-33/h2-11,21,33-34H,12-15H2,1H3,(H2,31,32,35)/t21-/m0/s1. The molecule has 198 valence electrons. The van der Waals surface area contributed by atoms with Gasteiger partial charge in [0.05, 0.1) is 19.3 Å². The maximum absolute atomic E-state index is 12.7. The fourth-order valence-corrected chi connectivity index (χ4v) is 3.52. The Labute approximate surface area is 216 Å². The van der Waals surface area contributed by atoms with Crippen molar-refractivity contribution in [2.24, 2.45) is 0 Å². The van der Waals surface area contributed by atoms with Crippen molar-refractivity contribution >= 4 is 17.6 Å². The summed E-state index contributed by atoms with van der Waals surface area (Å²) in [5.41, 5.74) is 1.91. The van der Waals surface area contributed by atoms with E-state index in [1.165, 1.54) is 19.2 Å². The minimum atomic E-state index is -4.43. The van der Waals surface area contributed by atoms with Crippen LogP contribution >= 0.6 is 11.6 Å². The van der Waals surface area contributed by atoms with Crippen molar-refractivity contribution in [1.29, 1.82) is 0 Å². The highest BCUT2D eigenvalue weighted by Crippen LogP contribution is 2.36. The summed E-state index contributed by atoms with van der Waals surface area (Å²) in [4.78, 5) is 12.4. The lowest BCUT2D eigenvalue weighted by molar-refractivity contribution is -0.137. The molecule has 0 spiro atoms. The highest BCUT2D eigenvalue weighted by atomic mass is 35.5. The number of hydrogen-bond donors (Lipinski definition) is 4. The molecule has 7 nitrogen and oxygen atoms in total. The first-order valence-electron chi connectivity index (χ1n) is 11.2. The van der Waals surface area contributed by atoms with E-state index in [0.717, 1.165) is 17.7 Å². The van der Waals surface area contributed by atoms with Crippen molar-refractivity contribution in [3.63, 3.8) is 0 Å². The van der Waals surface area contributed by atoms with Crippen LogP contribution in [0.25, 0.3) is 11.1 Å². The van der Waals surface area contributed by atoms with Gasteiger partial charge in [0.1, 0.15) is 12.7 Å². The Hall–Kier alpha value is -3.47. The first-order valence-corrected chi connectivity index (χ1v) is 11.5. The van der Waals surface area contributed by atoms with E-state index in [-0.39, 0.29) is 19.7 Å². The maximum atomic E-state index is 12.7. The third-order valence-electron chi connectivity index (χ3n) is 5.36.